The topological polar surface area (TPSA) is 205 Å². The molecule has 9 atom stereocenters. The number of aliphatic hydroxyl groups is 5. The normalized spacial score (nSPS) is 28.8. The van der Waals surface area contributed by atoms with Crippen molar-refractivity contribution in [1.29, 1.82) is 0 Å². The van der Waals surface area contributed by atoms with Gasteiger partial charge in [-0.2, -0.15) is 0 Å². The van der Waals surface area contributed by atoms with Crippen LogP contribution < -0.4 is 25.3 Å². The minimum atomic E-state index is -2.33. The summed E-state index contributed by atoms with van der Waals surface area (Å²) in [4.78, 5) is 35.3. The monoisotopic (exact) mass is 707 g/mol. The fraction of sp³-hybridized carbons (Fsp3) is 0.472. The van der Waals surface area contributed by atoms with Gasteiger partial charge < -0.3 is 40.0 Å². The van der Waals surface area contributed by atoms with Crippen LogP contribution in [-0.4, -0.2) is 119 Å². The van der Waals surface area contributed by atoms with Crippen LogP contribution in [-0.2, 0) is 16.2 Å². The second-order valence-corrected chi connectivity index (χ2v) is 14.0. The van der Waals surface area contributed by atoms with Gasteiger partial charge in [-0.3, -0.25) is 24.6 Å². The van der Waals surface area contributed by atoms with Crippen LogP contribution in [0, 0.1) is 6.92 Å². The third-order valence-electron chi connectivity index (χ3n) is 10.5. The van der Waals surface area contributed by atoms with Crippen molar-refractivity contribution >= 4 is 28.1 Å². The van der Waals surface area contributed by atoms with E-state index < -0.39 is 48.8 Å². The highest BCUT2D eigenvalue weighted by molar-refractivity contribution is 6.07. The number of fused-ring (bicyclic) bond motifs is 4. The summed E-state index contributed by atoms with van der Waals surface area (Å²) in [5.41, 5.74) is 1.03. The zero-order chi connectivity index (χ0) is 36.1. The Balaban J connectivity index is 1.16. The Morgan fingerprint density at radius 2 is 2.02 bits per heavy atom. The maximum Gasteiger partial charge on any atom is 0.222 e. The number of rotatable bonds is 14. The molecule has 0 fully saturated rings. The highest BCUT2D eigenvalue weighted by Gasteiger charge is 2.52. The van der Waals surface area contributed by atoms with Crippen LogP contribution in [0.2, 0.25) is 0 Å². The van der Waals surface area contributed by atoms with E-state index in [-0.39, 0.29) is 24.4 Å². The molecule has 9 unspecified atom stereocenters. The molecule has 5 aliphatic rings. The van der Waals surface area contributed by atoms with Crippen LogP contribution in [0.5, 0.6) is 5.75 Å². The second kappa shape index (κ2) is 13.9. The van der Waals surface area contributed by atoms with Gasteiger partial charge in [0.1, 0.15) is 73.1 Å². The lowest BCUT2D eigenvalue weighted by molar-refractivity contribution is -0.861. The average Bonchev–Trinajstić information content (AvgIpc) is 3.90. The van der Waals surface area contributed by atoms with Gasteiger partial charge in [0, 0.05) is 42.9 Å². The molecule has 0 bridgehead atoms. The number of aryl methyl sites for hydroxylation is 1. The van der Waals surface area contributed by atoms with Gasteiger partial charge in [0.15, 0.2) is 22.8 Å². The first-order chi connectivity index (χ1) is 24.5. The molecule has 51 heavy (non-hydrogen) atoms. The molecular formula is C36H45N5O10+2. The van der Waals surface area contributed by atoms with Crippen LogP contribution in [0.1, 0.15) is 24.7 Å². The standard InChI is InChI=1S/C36H43N5O10/c1-20-12-27(43)23-13-22-14-30(35(2,7-10-37-3)50-32(22)31(33(23)49-20)41-15-21-4-8-39-25(21)16-41)51-48-18-29(45)36(47,34(46)28(44)17-42)19-40-11-6-24-26(40)5-9-38-24/h4-6,8-9,11-13,15,26,28-30,34,37,42,44-47H,7,10,14,16-19H2,1-3H3/p+2. The van der Waals surface area contributed by atoms with E-state index in [1.807, 2.05) is 32.3 Å². The highest BCUT2D eigenvalue weighted by Crippen LogP contribution is 2.44. The van der Waals surface area contributed by atoms with E-state index in [4.69, 9.17) is 18.9 Å². The van der Waals surface area contributed by atoms with Crippen molar-refractivity contribution in [3.63, 3.8) is 0 Å². The highest BCUT2D eigenvalue weighted by atomic mass is 17.2. The number of hydrogen-bond acceptors (Lipinski definition) is 13. The maximum atomic E-state index is 13.3. The van der Waals surface area contributed by atoms with E-state index in [1.165, 1.54) is 6.07 Å². The van der Waals surface area contributed by atoms with Gasteiger partial charge >= 0.3 is 0 Å². The molecule has 0 saturated heterocycles. The zero-order valence-electron chi connectivity index (χ0n) is 28.7. The van der Waals surface area contributed by atoms with E-state index in [1.54, 1.807) is 37.7 Å². The van der Waals surface area contributed by atoms with E-state index in [9.17, 15) is 30.3 Å². The molecular weight excluding hydrogens is 662 g/mol. The van der Waals surface area contributed by atoms with Crippen molar-refractivity contribution in [1.82, 2.24) is 5.32 Å². The summed E-state index contributed by atoms with van der Waals surface area (Å²) in [5.74, 6) is 1.05. The fourth-order valence-electron chi connectivity index (χ4n) is 7.51. The number of aliphatic imine (C=N–C) groups is 2. The number of benzene rings is 1. The minimum Gasteiger partial charge on any atom is -0.478 e. The van der Waals surface area contributed by atoms with Crippen molar-refractivity contribution in [2.45, 2.75) is 68.3 Å². The molecule has 0 amide bonds. The summed E-state index contributed by atoms with van der Waals surface area (Å²) < 4.78 is 13.1. The Labute approximate surface area is 293 Å². The largest absolute Gasteiger partial charge is 0.478 e. The number of allylic oxidation sites excluding steroid dienone is 1. The molecule has 5 aliphatic heterocycles. The molecule has 0 radical (unpaired) electrons. The van der Waals surface area contributed by atoms with Crippen LogP contribution >= 0.6 is 0 Å². The number of nitrogens with one attached hydrogen (secondary N) is 3. The minimum absolute atomic E-state index is 0.189. The number of hydrogen-bond donors (Lipinski definition) is 8. The molecule has 0 aliphatic carbocycles. The Hall–Kier alpha value is -3.87. The van der Waals surface area contributed by atoms with E-state index in [0.29, 0.717) is 58.1 Å². The lowest BCUT2D eigenvalue weighted by Crippen LogP contribution is -3.13. The van der Waals surface area contributed by atoms with Gasteiger partial charge in [-0.15, -0.1) is 0 Å². The molecule has 7 rings (SSSR count). The maximum absolute atomic E-state index is 13.3. The molecule has 2 aromatic rings. The number of nitrogens with zero attached hydrogens (tertiary/aromatic N) is 2. The number of quaternary nitrogens is 2. The summed E-state index contributed by atoms with van der Waals surface area (Å²) in [6.45, 7) is 3.06. The third kappa shape index (κ3) is 6.44. The van der Waals surface area contributed by atoms with Gasteiger partial charge in [-0.25, -0.2) is 9.78 Å². The van der Waals surface area contributed by atoms with Crippen LogP contribution in [0.25, 0.3) is 11.0 Å². The molecule has 1 aromatic carbocycles. The summed E-state index contributed by atoms with van der Waals surface area (Å²) >= 11 is 0. The molecule has 0 saturated carbocycles. The van der Waals surface area contributed by atoms with Gasteiger partial charge in [0.25, 0.3) is 0 Å². The van der Waals surface area contributed by atoms with Crippen molar-refractivity contribution in [2.75, 3.05) is 39.9 Å². The second-order valence-electron chi connectivity index (χ2n) is 14.0. The van der Waals surface area contributed by atoms with E-state index in [2.05, 4.69) is 15.3 Å². The lowest BCUT2D eigenvalue weighted by atomic mass is 9.85. The van der Waals surface area contributed by atoms with Crippen molar-refractivity contribution in [2.24, 2.45) is 9.98 Å². The SMILES string of the molecule is CNCCC1(C)Oc2c(cc3c(=O)cc(C)oc3c2[NH+]2C=C3C=CN=C3C2)CC1OOCC(O)C(O)(C[NH+]1C=CC2=NC=CC21)C(O)C(O)CO. The number of aliphatic hydroxyl groups excluding tert-OH is 4. The fourth-order valence-corrected chi connectivity index (χ4v) is 7.51. The van der Waals surface area contributed by atoms with Crippen LogP contribution in [0.3, 0.4) is 0 Å². The zero-order valence-corrected chi connectivity index (χ0v) is 28.7. The smallest absolute Gasteiger partial charge is 0.222 e. The van der Waals surface area contributed by atoms with Crippen molar-refractivity contribution in [3.05, 3.63) is 82.3 Å². The summed E-state index contributed by atoms with van der Waals surface area (Å²) in [7, 11) is 1.83. The van der Waals surface area contributed by atoms with Gasteiger partial charge in [0.2, 0.25) is 11.3 Å². The lowest BCUT2D eigenvalue weighted by Gasteiger charge is -2.42. The quantitative estimate of drug-likeness (QED) is 0.0772. The predicted octanol–water partition coefficient (Wildman–Crippen LogP) is -2.34. The Morgan fingerprint density at radius 1 is 1.20 bits per heavy atom. The molecule has 15 nitrogen and oxygen atoms in total. The average molecular weight is 708 g/mol. The Morgan fingerprint density at radius 3 is 2.78 bits per heavy atom. The number of ether oxygens (including phenoxy) is 1. The summed E-state index contributed by atoms with van der Waals surface area (Å²) in [6.07, 6.45) is 7.34. The molecule has 15 heteroatoms. The van der Waals surface area contributed by atoms with Crippen LogP contribution in [0.4, 0.5) is 5.69 Å². The Bertz CT molecular complexity index is 1940. The predicted molar refractivity (Wildman–Crippen MR) is 185 cm³/mol. The van der Waals surface area contributed by atoms with Gasteiger partial charge in [-0.05, 0) is 45.7 Å². The molecule has 0 spiro atoms. The first kappa shape index (κ1) is 35.5. The van der Waals surface area contributed by atoms with Crippen molar-refractivity contribution < 1.29 is 54.3 Å². The molecule has 1 aromatic heterocycles. The Kier molecular flexibility index (Phi) is 9.70. The van der Waals surface area contributed by atoms with E-state index in [0.717, 1.165) is 21.9 Å². The molecule has 6 heterocycles. The van der Waals surface area contributed by atoms with E-state index >= 15 is 0 Å². The molecule has 272 valence electrons. The van der Waals surface area contributed by atoms with Crippen LogP contribution in [0.15, 0.2) is 79.9 Å². The van der Waals surface area contributed by atoms with Gasteiger partial charge in [-0.1, -0.05) is 0 Å². The first-order valence-corrected chi connectivity index (χ1v) is 17.1. The summed E-state index contributed by atoms with van der Waals surface area (Å²) in [5, 5.41) is 57.5. The van der Waals surface area contributed by atoms with Crippen molar-refractivity contribution in [3.8, 4) is 5.75 Å². The summed E-state index contributed by atoms with van der Waals surface area (Å²) in [6, 6.07) is 2.98. The molecule has 8 N–H and O–H groups in total. The third-order valence-corrected chi connectivity index (χ3v) is 10.5. The first-order valence-electron chi connectivity index (χ1n) is 17.1. The van der Waals surface area contributed by atoms with Gasteiger partial charge in [0.05, 0.1) is 23.8 Å².